The van der Waals surface area contributed by atoms with Gasteiger partial charge in [0.15, 0.2) is 5.82 Å². The van der Waals surface area contributed by atoms with Gasteiger partial charge >= 0.3 is 18.2 Å². The highest BCUT2D eigenvalue weighted by Crippen LogP contribution is 2.42. The molecule has 0 aliphatic carbocycles. The molecule has 14 heteroatoms. The van der Waals surface area contributed by atoms with Gasteiger partial charge in [0.25, 0.3) is 0 Å². The van der Waals surface area contributed by atoms with Crippen LogP contribution >= 0.6 is 11.6 Å². The number of rotatable bonds is 6. The fourth-order valence-corrected chi connectivity index (χ4v) is 8.93. The third-order valence-corrected chi connectivity index (χ3v) is 11.2. The highest BCUT2D eigenvalue weighted by Gasteiger charge is 2.51. The summed E-state index contributed by atoms with van der Waals surface area (Å²) in [6, 6.07) is 11.0. The largest absolute Gasteiger partial charge is 0.461 e. The van der Waals surface area contributed by atoms with Crippen molar-refractivity contribution in [3.05, 3.63) is 53.4 Å². The van der Waals surface area contributed by atoms with E-state index < -0.39 is 17.5 Å². The Hall–Kier alpha value is -4.49. The number of piperazine rings is 1. The molecule has 52 heavy (non-hydrogen) atoms. The van der Waals surface area contributed by atoms with Gasteiger partial charge in [0, 0.05) is 55.3 Å². The van der Waals surface area contributed by atoms with E-state index in [1.165, 1.54) is 0 Å². The highest BCUT2D eigenvalue weighted by molar-refractivity contribution is 6.36. The van der Waals surface area contributed by atoms with Crippen LogP contribution < -0.4 is 15.0 Å². The first-order valence-electron chi connectivity index (χ1n) is 18.0. The van der Waals surface area contributed by atoms with Crippen molar-refractivity contribution in [3.63, 3.8) is 0 Å². The third-order valence-electron chi connectivity index (χ3n) is 10.9. The SMILES string of the molecule is CNC(=O)O[C@@H]1CN2CCC[C@]2(COc2nc(N3C[C@H]4CC[C@@H](C3)N4C(=O)OC(C)(C)C)c3cnc(-c4cccc5cccc(Cl)c45)c(F)c3n2)C1. The van der Waals surface area contributed by atoms with Gasteiger partial charge in [-0.1, -0.05) is 41.9 Å². The molecule has 4 aliphatic heterocycles. The summed E-state index contributed by atoms with van der Waals surface area (Å²) in [6.07, 6.45) is 4.68. The molecule has 2 bridgehead atoms. The van der Waals surface area contributed by atoms with E-state index in [1.54, 1.807) is 19.3 Å². The van der Waals surface area contributed by atoms with Crippen LogP contribution in [0, 0.1) is 5.82 Å². The summed E-state index contributed by atoms with van der Waals surface area (Å²) in [5.41, 5.74) is -0.203. The van der Waals surface area contributed by atoms with Crippen molar-refractivity contribution >= 4 is 51.3 Å². The van der Waals surface area contributed by atoms with Crippen LogP contribution in [0.3, 0.4) is 0 Å². The van der Waals surface area contributed by atoms with Crippen LogP contribution in [0.1, 0.15) is 52.9 Å². The molecule has 4 atom stereocenters. The normalized spacial score (nSPS) is 24.4. The van der Waals surface area contributed by atoms with E-state index in [2.05, 4.69) is 20.1 Å². The Labute approximate surface area is 306 Å². The topological polar surface area (TPSA) is 122 Å². The average Bonchev–Trinajstić information content (AvgIpc) is 3.74. The van der Waals surface area contributed by atoms with Gasteiger partial charge in [0.1, 0.15) is 35.3 Å². The number of nitrogens with one attached hydrogen (secondary N) is 1. The lowest BCUT2D eigenvalue weighted by molar-refractivity contribution is 0.0122. The number of alkyl carbamates (subject to hydrolysis) is 1. The van der Waals surface area contributed by atoms with Gasteiger partial charge in [-0.25, -0.2) is 14.0 Å². The summed E-state index contributed by atoms with van der Waals surface area (Å²) < 4.78 is 34.8. The fourth-order valence-electron chi connectivity index (χ4n) is 8.65. The minimum absolute atomic E-state index is 0.0494. The number of benzene rings is 2. The van der Waals surface area contributed by atoms with E-state index in [9.17, 15) is 9.59 Å². The molecule has 12 nitrogen and oxygen atoms in total. The quantitative estimate of drug-likeness (QED) is 0.233. The van der Waals surface area contributed by atoms with Crippen molar-refractivity contribution in [2.75, 3.05) is 44.7 Å². The van der Waals surface area contributed by atoms with Crippen LogP contribution in [0.15, 0.2) is 42.6 Å². The van der Waals surface area contributed by atoms with E-state index in [-0.39, 0.29) is 53.6 Å². The van der Waals surface area contributed by atoms with Crippen LogP contribution in [0.5, 0.6) is 6.01 Å². The van der Waals surface area contributed by atoms with Gasteiger partial charge < -0.3 is 24.4 Å². The molecule has 4 aliphatic rings. The molecule has 4 aromatic rings. The number of halogens is 2. The molecule has 2 aromatic heterocycles. The molecule has 0 radical (unpaired) electrons. The molecule has 4 fully saturated rings. The predicted molar refractivity (Wildman–Crippen MR) is 195 cm³/mol. The van der Waals surface area contributed by atoms with Crippen molar-refractivity contribution < 1.29 is 28.2 Å². The zero-order valence-electron chi connectivity index (χ0n) is 29.8. The van der Waals surface area contributed by atoms with Crippen molar-refractivity contribution in [1.82, 2.24) is 30.1 Å². The second-order valence-electron chi connectivity index (χ2n) is 15.4. The van der Waals surface area contributed by atoms with Gasteiger partial charge in [-0.15, -0.1) is 0 Å². The van der Waals surface area contributed by atoms with Gasteiger partial charge in [-0.2, -0.15) is 9.97 Å². The van der Waals surface area contributed by atoms with Gasteiger partial charge in [0.2, 0.25) is 0 Å². The van der Waals surface area contributed by atoms with E-state index in [1.807, 2.05) is 56.0 Å². The molecule has 1 N–H and O–H groups in total. The maximum absolute atomic E-state index is 17.0. The number of nitrogens with zero attached hydrogens (tertiary/aromatic N) is 6. The van der Waals surface area contributed by atoms with Crippen molar-refractivity contribution in [2.45, 2.75) is 82.2 Å². The lowest BCUT2D eigenvalue weighted by atomic mass is 9.94. The van der Waals surface area contributed by atoms with Crippen LogP contribution in [0.4, 0.5) is 19.8 Å². The van der Waals surface area contributed by atoms with Crippen LogP contribution in [-0.4, -0.2) is 106 Å². The van der Waals surface area contributed by atoms with Crippen molar-refractivity contribution in [1.29, 1.82) is 0 Å². The molecule has 0 saturated carbocycles. The van der Waals surface area contributed by atoms with E-state index in [0.29, 0.717) is 53.2 Å². The molecule has 8 rings (SSSR count). The fraction of sp³-hybridized carbons (Fsp3) is 0.500. The molecular weight excluding hydrogens is 689 g/mol. The first-order valence-corrected chi connectivity index (χ1v) is 18.4. The highest BCUT2D eigenvalue weighted by atomic mass is 35.5. The molecule has 6 heterocycles. The maximum Gasteiger partial charge on any atom is 0.410 e. The molecular formula is C38H43ClFN7O5. The summed E-state index contributed by atoms with van der Waals surface area (Å²) >= 11 is 6.66. The molecule has 274 valence electrons. The Morgan fingerprint density at radius 2 is 1.83 bits per heavy atom. The Morgan fingerprint density at radius 1 is 1.08 bits per heavy atom. The lowest BCUT2D eigenvalue weighted by Gasteiger charge is -2.42. The van der Waals surface area contributed by atoms with Crippen LogP contribution in [0.2, 0.25) is 5.02 Å². The smallest absolute Gasteiger partial charge is 0.410 e. The number of carbonyl (C=O) groups excluding carboxylic acids is 2. The Kier molecular flexibility index (Phi) is 8.76. The lowest BCUT2D eigenvalue weighted by Crippen LogP contribution is -2.57. The Balaban J connectivity index is 1.17. The Bertz CT molecular complexity index is 2040. The summed E-state index contributed by atoms with van der Waals surface area (Å²) in [6.45, 7) is 8.30. The Morgan fingerprint density at radius 3 is 2.56 bits per heavy atom. The number of hydrogen-bond acceptors (Lipinski definition) is 10. The van der Waals surface area contributed by atoms with Crippen molar-refractivity contribution in [3.8, 4) is 17.3 Å². The van der Waals surface area contributed by atoms with Gasteiger partial charge in [0.05, 0.1) is 23.0 Å². The monoisotopic (exact) mass is 731 g/mol. The number of aromatic nitrogens is 3. The number of anilines is 1. The maximum atomic E-state index is 17.0. The van der Waals surface area contributed by atoms with Gasteiger partial charge in [-0.3, -0.25) is 14.8 Å². The molecule has 0 spiro atoms. The summed E-state index contributed by atoms with van der Waals surface area (Å²) in [7, 11) is 1.55. The first kappa shape index (κ1) is 34.6. The molecule has 2 amide bonds. The zero-order chi connectivity index (χ0) is 36.4. The minimum atomic E-state index is -0.611. The number of hydrogen-bond donors (Lipinski definition) is 1. The third kappa shape index (κ3) is 6.21. The summed E-state index contributed by atoms with van der Waals surface area (Å²) in [5, 5.41) is 5.05. The number of pyridine rings is 1. The second-order valence-corrected chi connectivity index (χ2v) is 15.8. The summed E-state index contributed by atoms with van der Waals surface area (Å²) in [5.74, 6) is -0.1000. The van der Waals surface area contributed by atoms with Crippen LogP contribution in [0.25, 0.3) is 32.9 Å². The number of amides is 2. The van der Waals surface area contributed by atoms with Crippen molar-refractivity contribution in [2.24, 2.45) is 0 Å². The number of fused-ring (bicyclic) bond motifs is 5. The molecule has 4 saturated heterocycles. The predicted octanol–water partition coefficient (Wildman–Crippen LogP) is 6.57. The minimum Gasteiger partial charge on any atom is -0.461 e. The van der Waals surface area contributed by atoms with Crippen LogP contribution in [-0.2, 0) is 9.47 Å². The summed E-state index contributed by atoms with van der Waals surface area (Å²) in [4.78, 5) is 45.8. The number of ether oxygens (including phenoxy) is 3. The number of carbonyl (C=O) groups is 2. The molecule has 0 unspecified atom stereocenters. The van der Waals surface area contributed by atoms with E-state index >= 15 is 4.39 Å². The van der Waals surface area contributed by atoms with E-state index in [4.69, 9.17) is 35.8 Å². The standard InChI is InChI=1S/C38H43ClFN7O5/c1-37(2,3)52-36(49)47-23-12-13-24(47)19-45(18-23)33-27-17-42-31(26-10-5-8-22-9-6-11-28(39)29(22)26)30(40)32(27)43-34(44-33)50-21-38-14-7-15-46(38)20-25(16-38)51-35(48)41-4/h5-6,8-11,17,23-25H,7,12-16,18-21H2,1-4H3,(H,41,48)/t23-,24+,25-,38+/m0/s1. The average molecular weight is 732 g/mol. The van der Waals surface area contributed by atoms with Gasteiger partial charge in [-0.05, 0) is 64.5 Å². The first-order chi connectivity index (χ1) is 24.9. The van der Waals surface area contributed by atoms with E-state index in [0.717, 1.165) is 37.6 Å². The molecule has 2 aromatic carbocycles. The second kappa shape index (κ2) is 13.2. The zero-order valence-corrected chi connectivity index (χ0v) is 30.6.